The van der Waals surface area contributed by atoms with Crippen LogP contribution >= 0.6 is 0 Å². The van der Waals surface area contributed by atoms with Crippen LogP contribution in [-0.4, -0.2) is 23.5 Å². The number of carbonyl (C=O) groups is 2. The third-order valence-corrected chi connectivity index (χ3v) is 3.02. The highest BCUT2D eigenvalue weighted by Gasteiger charge is 2.07. The van der Waals surface area contributed by atoms with E-state index in [4.69, 9.17) is 5.11 Å². The fraction of sp³-hybridized carbons (Fsp3) is 0.500. The van der Waals surface area contributed by atoms with Crippen LogP contribution in [-0.2, 0) is 16.1 Å². The Hall–Kier alpha value is -1.88. The lowest BCUT2D eigenvalue weighted by Crippen LogP contribution is -2.22. The summed E-state index contributed by atoms with van der Waals surface area (Å²) >= 11 is 0. The fourth-order valence-electron chi connectivity index (χ4n) is 1.73. The molecule has 0 atom stereocenters. The maximum absolute atomic E-state index is 11.6. The molecule has 3 N–H and O–H groups in total. The number of hydrogen-bond acceptors (Lipinski definition) is 3. The molecular formula is C16H24N2O3. The molecule has 1 rings (SSSR count). The summed E-state index contributed by atoms with van der Waals surface area (Å²) in [4.78, 5) is 23.2. The zero-order valence-electron chi connectivity index (χ0n) is 12.7. The molecule has 1 aromatic rings. The smallest absolute Gasteiger partial charge is 0.226 e. The summed E-state index contributed by atoms with van der Waals surface area (Å²) in [6.45, 7) is 4.23. The SMILES string of the molecule is CC(C)C(=O)Nc1cccc(CNC(=O)CCCCO)c1. The highest BCUT2D eigenvalue weighted by molar-refractivity contribution is 5.92. The average molecular weight is 292 g/mol. The Balaban J connectivity index is 2.45. The topological polar surface area (TPSA) is 78.4 Å². The van der Waals surface area contributed by atoms with Crippen LogP contribution in [0.1, 0.15) is 38.7 Å². The van der Waals surface area contributed by atoms with E-state index in [2.05, 4.69) is 10.6 Å². The zero-order valence-corrected chi connectivity index (χ0v) is 12.7. The quantitative estimate of drug-likeness (QED) is 0.642. The van der Waals surface area contributed by atoms with E-state index in [-0.39, 0.29) is 24.3 Å². The number of benzene rings is 1. The van der Waals surface area contributed by atoms with Crippen LogP contribution < -0.4 is 10.6 Å². The molecule has 0 fully saturated rings. The van der Waals surface area contributed by atoms with Gasteiger partial charge >= 0.3 is 0 Å². The molecular weight excluding hydrogens is 268 g/mol. The van der Waals surface area contributed by atoms with Gasteiger partial charge in [0.2, 0.25) is 11.8 Å². The van der Waals surface area contributed by atoms with E-state index < -0.39 is 0 Å². The van der Waals surface area contributed by atoms with Crippen molar-refractivity contribution in [1.82, 2.24) is 5.32 Å². The number of aliphatic hydroxyl groups excluding tert-OH is 1. The standard InChI is InChI=1S/C16H24N2O3/c1-12(2)16(21)18-14-7-5-6-13(10-14)11-17-15(20)8-3-4-9-19/h5-7,10,12,19H,3-4,8-9,11H2,1-2H3,(H,17,20)(H,18,21). The van der Waals surface area contributed by atoms with Gasteiger partial charge < -0.3 is 15.7 Å². The summed E-state index contributed by atoms with van der Waals surface area (Å²) in [7, 11) is 0. The Labute approximate surface area is 125 Å². The molecule has 21 heavy (non-hydrogen) atoms. The predicted molar refractivity (Wildman–Crippen MR) is 82.7 cm³/mol. The van der Waals surface area contributed by atoms with Crippen molar-refractivity contribution in [2.24, 2.45) is 5.92 Å². The van der Waals surface area contributed by atoms with Gasteiger partial charge in [0.05, 0.1) is 0 Å². The number of carbonyl (C=O) groups excluding carboxylic acids is 2. The minimum Gasteiger partial charge on any atom is -0.396 e. The molecule has 5 heteroatoms. The molecule has 0 bridgehead atoms. The Bertz CT molecular complexity index is 472. The van der Waals surface area contributed by atoms with Crippen LogP contribution in [0.4, 0.5) is 5.69 Å². The largest absolute Gasteiger partial charge is 0.396 e. The van der Waals surface area contributed by atoms with Crippen LogP contribution in [0.3, 0.4) is 0 Å². The molecule has 0 unspecified atom stereocenters. The van der Waals surface area contributed by atoms with Crippen molar-refractivity contribution >= 4 is 17.5 Å². The average Bonchev–Trinajstić information content (AvgIpc) is 2.45. The Morgan fingerprint density at radius 2 is 2.00 bits per heavy atom. The Kier molecular flexibility index (Phi) is 7.46. The first kappa shape index (κ1) is 17.2. The Morgan fingerprint density at radius 1 is 1.24 bits per heavy atom. The lowest BCUT2D eigenvalue weighted by Gasteiger charge is -2.10. The molecule has 5 nitrogen and oxygen atoms in total. The van der Waals surface area contributed by atoms with Crippen LogP contribution in [0.15, 0.2) is 24.3 Å². The van der Waals surface area contributed by atoms with Gasteiger partial charge in [0.1, 0.15) is 0 Å². The number of aliphatic hydroxyl groups is 1. The molecule has 0 aliphatic heterocycles. The van der Waals surface area contributed by atoms with Gasteiger partial charge in [-0.3, -0.25) is 9.59 Å². The summed E-state index contributed by atoms with van der Waals surface area (Å²) in [6.07, 6.45) is 1.75. The Morgan fingerprint density at radius 3 is 2.67 bits per heavy atom. The lowest BCUT2D eigenvalue weighted by molar-refractivity contribution is -0.121. The molecule has 0 saturated heterocycles. The van der Waals surface area contributed by atoms with Crippen molar-refractivity contribution in [2.45, 2.75) is 39.7 Å². The van der Waals surface area contributed by atoms with Crippen molar-refractivity contribution in [3.8, 4) is 0 Å². The number of unbranched alkanes of at least 4 members (excludes halogenated alkanes) is 1. The minimum atomic E-state index is -0.0696. The summed E-state index contributed by atoms with van der Waals surface area (Å²) < 4.78 is 0. The number of anilines is 1. The van der Waals surface area contributed by atoms with Crippen molar-refractivity contribution < 1.29 is 14.7 Å². The highest BCUT2D eigenvalue weighted by Crippen LogP contribution is 2.12. The predicted octanol–water partition coefficient (Wildman–Crippen LogP) is 2.06. The number of rotatable bonds is 8. The van der Waals surface area contributed by atoms with E-state index in [1.54, 1.807) is 0 Å². The molecule has 0 aliphatic rings. The molecule has 1 aromatic carbocycles. The maximum Gasteiger partial charge on any atom is 0.226 e. The van der Waals surface area contributed by atoms with Gasteiger partial charge in [-0.1, -0.05) is 26.0 Å². The minimum absolute atomic E-state index is 0.0276. The first-order valence-corrected chi connectivity index (χ1v) is 7.30. The number of hydrogen-bond donors (Lipinski definition) is 3. The van der Waals surface area contributed by atoms with Gasteiger partial charge in [0.15, 0.2) is 0 Å². The van der Waals surface area contributed by atoms with Crippen molar-refractivity contribution in [3.63, 3.8) is 0 Å². The first-order chi connectivity index (χ1) is 10.0. The third-order valence-electron chi connectivity index (χ3n) is 3.02. The number of amides is 2. The van der Waals surface area contributed by atoms with E-state index in [1.807, 2.05) is 38.1 Å². The monoisotopic (exact) mass is 292 g/mol. The molecule has 0 aromatic heterocycles. The van der Waals surface area contributed by atoms with Crippen molar-refractivity contribution in [1.29, 1.82) is 0 Å². The molecule has 0 radical (unpaired) electrons. The van der Waals surface area contributed by atoms with Gasteiger partial charge in [-0.15, -0.1) is 0 Å². The van der Waals surface area contributed by atoms with Gasteiger partial charge in [-0.05, 0) is 30.5 Å². The highest BCUT2D eigenvalue weighted by atomic mass is 16.3. The summed E-state index contributed by atoms with van der Waals surface area (Å²) in [5, 5.41) is 14.3. The van der Waals surface area contributed by atoms with Gasteiger partial charge in [0.25, 0.3) is 0 Å². The molecule has 0 saturated carbocycles. The molecule has 0 spiro atoms. The fourth-order valence-corrected chi connectivity index (χ4v) is 1.73. The lowest BCUT2D eigenvalue weighted by atomic mass is 10.1. The van der Waals surface area contributed by atoms with Crippen molar-refractivity contribution in [2.75, 3.05) is 11.9 Å². The van der Waals surface area contributed by atoms with Gasteiger partial charge in [-0.2, -0.15) is 0 Å². The summed E-state index contributed by atoms with van der Waals surface area (Å²) in [5.41, 5.74) is 1.67. The molecule has 2 amide bonds. The first-order valence-electron chi connectivity index (χ1n) is 7.30. The van der Waals surface area contributed by atoms with E-state index in [9.17, 15) is 9.59 Å². The second kappa shape index (κ2) is 9.13. The number of nitrogens with one attached hydrogen (secondary N) is 2. The van der Waals surface area contributed by atoms with E-state index >= 15 is 0 Å². The normalized spacial score (nSPS) is 10.5. The van der Waals surface area contributed by atoms with Crippen molar-refractivity contribution in [3.05, 3.63) is 29.8 Å². The van der Waals surface area contributed by atoms with Gasteiger partial charge in [0, 0.05) is 31.2 Å². The van der Waals surface area contributed by atoms with E-state index in [0.29, 0.717) is 25.8 Å². The second-order valence-corrected chi connectivity index (χ2v) is 5.30. The summed E-state index contributed by atoms with van der Waals surface area (Å²) in [5.74, 6) is -0.125. The van der Waals surface area contributed by atoms with Crippen LogP contribution in [0.2, 0.25) is 0 Å². The zero-order chi connectivity index (χ0) is 15.7. The molecule has 0 aliphatic carbocycles. The maximum atomic E-state index is 11.6. The van der Waals surface area contributed by atoms with Crippen LogP contribution in [0, 0.1) is 5.92 Å². The summed E-state index contributed by atoms with van der Waals surface area (Å²) in [6, 6.07) is 7.43. The molecule has 116 valence electrons. The van der Waals surface area contributed by atoms with Gasteiger partial charge in [-0.25, -0.2) is 0 Å². The van der Waals surface area contributed by atoms with E-state index in [1.165, 1.54) is 0 Å². The third kappa shape index (κ3) is 6.90. The van der Waals surface area contributed by atoms with Crippen LogP contribution in [0.25, 0.3) is 0 Å². The second-order valence-electron chi connectivity index (χ2n) is 5.30. The molecule has 0 heterocycles. The van der Waals surface area contributed by atoms with Crippen LogP contribution in [0.5, 0.6) is 0 Å². The van der Waals surface area contributed by atoms with E-state index in [0.717, 1.165) is 11.3 Å².